The molecule has 102 valence electrons. The number of hydrogen-bond acceptors (Lipinski definition) is 3. The van der Waals surface area contributed by atoms with Gasteiger partial charge in [0.15, 0.2) is 0 Å². The third kappa shape index (κ3) is 2.37. The third-order valence-electron chi connectivity index (χ3n) is 3.10. The molecule has 1 aliphatic heterocycles. The van der Waals surface area contributed by atoms with E-state index in [1.807, 2.05) is 42.7 Å². The number of carbonyl (C=O) groups excluding carboxylic acids is 1. The molecule has 1 N–H and O–H groups in total. The van der Waals surface area contributed by atoms with Crippen LogP contribution in [-0.4, -0.2) is 12.2 Å². The zero-order chi connectivity index (χ0) is 14.1. The van der Waals surface area contributed by atoms with E-state index in [-0.39, 0.29) is 11.2 Å². The van der Waals surface area contributed by atoms with Gasteiger partial charge < -0.3 is 10.1 Å². The van der Waals surface area contributed by atoms with Crippen LogP contribution >= 0.6 is 23.4 Å². The van der Waals surface area contributed by atoms with Crippen molar-refractivity contribution in [3.8, 4) is 11.5 Å². The van der Waals surface area contributed by atoms with Gasteiger partial charge in [0, 0.05) is 11.3 Å². The molecule has 0 fully saturated rings. The summed E-state index contributed by atoms with van der Waals surface area (Å²) in [6.07, 6.45) is 1.92. The fraction of sp³-hybridized carbons (Fsp3) is 0.133. The molecule has 1 aliphatic rings. The molecule has 1 unspecified atom stereocenters. The molecule has 0 aliphatic carbocycles. The van der Waals surface area contributed by atoms with E-state index in [0.29, 0.717) is 16.5 Å². The Morgan fingerprint density at radius 3 is 2.80 bits per heavy atom. The lowest BCUT2D eigenvalue weighted by Gasteiger charge is -2.10. The molecule has 0 saturated heterocycles. The fourth-order valence-electron chi connectivity index (χ4n) is 2.16. The highest BCUT2D eigenvalue weighted by Crippen LogP contribution is 2.41. The molecular weight excluding hydrogens is 294 g/mol. The van der Waals surface area contributed by atoms with E-state index < -0.39 is 0 Å². The number of carbonyl (C=O) groups is 1. The Morgan fingerprint density at radius 2 is 2.05 bits per heavy atom. The number of benzene rings is 2. The number of nitrogens with one attached hydrogen (secondary N) is 1. The Morgan fingerprint density at radius 1 is 1.25 bits per heavy atom. The molecule has 0 aromatic heterocycles. The molecule has 3 nitrogen and oxygen atoms in total. The zero-order valence-corrected chi connectivity index (χ0v) is 12.3. The van der Waals surface area contributed by atoms with Crippen LogP contribution in [0.4, 0.5) is 5.69 Å². The van der Waals surface area contributed by atoms with Crippen molar-refractivity contribution >= 4 is 35.0 Å². The molecule has 1 amide bonds. The second-order valence-corrected chi connectivity index (χ2v) is 5.74. The quantitative estimate of drug-likeness (QED) is 0.908. The summed E-state index contributed by atoms with van der Waals surface area (Å²) in [6.45, 7) is 0. The van der Waals surface area contributed by atoms with Crippen LogP contribution in [0.15, 0.2) is 42.5 Å². The number of thioether (sulfide) groups is 1. The molecule has 0 radical (unpaired) electrons. The Labute approximate surface area is 126 Å². The molecule has 3 rings (SSSR count). The summed E-state index contributed by atoms with van der Waals surface area (Å²) in [5.41, 5.74) is 1.80. The monoisotopic (exact) mass is 305 g/mol. The van der Waals surface area contributed by atoms with E-state index in [1.54, 1.807) is 6.07 Å². The highest BCUT2D eigenvalue weighted by atomic mass is 35.5. The van der Waals surface area contributed by atoms with E-state index in [0.717, 1.165) is 11.3 Å². The minimum atomic E-state index is -0.181. The van der Waals surface area contributed by atoms with Crippen LogP contribution < -0.4 is 10.1 Å². The molecular formula is C15H12ClNO2S. The van der Waals surface area contributed by atoms with Gasteiger partial charge >= 0.3 is 0 Å². The van der Waals surface area contributed by atoms with E-state index in [2.05, 4.69) is 5.32 Å². The van der Waals surface area contributed by atoms with Crippen molar-refractivity contribution in [1.82, 2.24) is 0 Å². The number of rotatable bonds is 3. The average molecular weight is 306 g/mol. The van der Waals surface area contributed by atoms with E-state index in [4.69, 9.17) is 16.3 Å². The molecule has 0 bridgehead atoms. The van der Waals surface area contributed by atoms with E-state index >= 15 is 0 Å². The second kappa shape index (κ2) is 5.38. The van der Waals surface area contributed by atoms with Gasteiger partial charge in [-0.3, -0.25) is 4.79 Å². The lowest BCUT2D eigenvalue weighted by Crippen LogP contribution is -2.08. The number of fused-ring (bicyclic) bond motifs is 1. The molecule has 2 aromatic rings. The Bertz CT molecular complexity index is 675. The number of halogens is 1. The maximum absolute atomic E-state index is 11.8. The minimum absolute atomic E-state index is 0.0161. The standard InChI is InChI=1S/C15H12ClNO2S/c1-20-14-10-8-9(6-7-12(10)17-15(14)18)19-13-5-3-2-4-11(13)16/h2-8,14H,1H3,(H,17,18). The molecule has 2 aromatic carbocycles. The van der Waals surface area contributed by atoms with Crippen molar-refractivity contribution in [2.75, 3.05) is 11.6 Å². The summed E-state index contributed by atoms with van der Waals surface area (Å²) in [7, 11) is 0. The van der Waals surface area contributed by atoms with Crippen LogP contribution in [0.3, 0.4) is 0 Å². The van der Waals surface area contributed by atoms with E-state index in [1.165, 1.54) is 11.8 Å². The normalized spacial score (nSPS) is 16.7. The number of para-hydroxylation sites is 1. The molecule has 0 saturated carbocycles. The Balaban J connectivity index is 1.92. The maximum atomic E-state index is 11.8. The topological polar surface area (TPSA) is 38.3 Å². The van der Waals surface area contributed by atoms with Gasteiger partial charge in [0.05, 0.1) is 5.02 Å². The molecule has 0 spiro atoms. The SMILES string of the molecule is CSC1C(=O)Nc2ccc(Oc3ccccc3Cl)cc21. The van der Waals surface area contributed by atoms with Crippen molar-refractivity contribution in [3.63, 3.8) is 0 Å². The highest BCUT2D eigenvalue weighted by Gasteiger charge is 2.30. The highest BCUT2D eigenvalue weighted by molar-refractivity contribution is 7.99. The number of amides is 1. The summed E-state index contributed by atoms with van der Waals surface area (Å²) in [6, 6.07) is 12.9. The lowest BCUT2D eigenvalue weighted by molar-refractivity contribution is -0.115. The summed E-state index contributed by atoms with van der Waals surface area (Å²) < 4.78 is 5.78. The fourth-order valence-corrected chi connectivity index (χ4v) is 3.06. The molecule has 1 atom stereocenters. The van der Waals surface area contributed by atoms with Gasteiger partial charge in [0.1, 0.15) is 16.7 Å². The van der Waals surface area contributed by atoms with Gasteiger partial charge in [0.25, 0.3) is 0 Å². The minimum Gasteiger partial charge on any atom is -0.456 e. The lowest BCUT2D eigenvalue weighted by atomic mass is 10.1. The zero-order valence-electron chi connectivity index (χ0n) is 10.7. The van der Waals surface area contributed by atoms with Crippen molar-refractivity contribution in [2.24, 2.45) is 0 Å². The van der Waals surface area contributed by atoms with E-state index in [9.17, 15) is 4.79 Å². The first-order valence-electron chi connectivity index (χ1n) is 6.09. The van der Waals surface area contributed by atoms with Crippen molar-refractivity contribution in [3.05, 3.63) is 53.1 Å². The average Bonchev–Trinajstić information content (AvgIpc) is 2.76. The van der Waals surface area contributed by atoms with Crippen molar-refractivity contribution in [1.29, 1.82) is 0 Å². The van der Waals surface area contributed by atoms with Crippen LogP contribution in [0.1, 0.15) is 10.8 Å². The largest absolute Gasteiger partial charge is 0.456 e. The van der Waals surface area contributed by atoms with Gasteiger partial charge in [-0.25, -0.2) is 0 Å². The van der Waals surface area contributed by atoms with Crippen LogP contribution in [0.25, 0.3) is 0 Å². The first-order chi connectivity index (χ1) is 9.69. The van der Waals surface area contributed by atoms with Crippen molar-refractivity contribution < 1.29 is 9.53 Å². The molecule has 20 heavy (non-hydrogen) atoms. The van der Waals surface area contributed by atoms with Gasteiger partial charge in [-0.15, -0.1) is 11.8 Å². The second-order valence-electron chi connectivity index (χ2n) is 4.39. The number of ether oxygens (including phenoxy) is 1. The van der Waals surface area contributed by atoms with Crippen LogP contribution in [0, 0.1) is 0 Å². The summed E-state index contributed by atoms with van der Waals surface area (Å²) in [4.78, 5) is 11.8. The Hall–Kier alpha value is -1.65. The van der Waals surface area contributed by atoms with Gasteiger partial charge in [-0.2, -0.15) is 0 Å². The smallest absolute Gasteiger partial charge is 0.242 e. The predicted molar refractivity (Wildman–Crippen MR) is 82.9 cm³/mol. The van der Waals surface area contributed by atoms with Crippen molar-refractivity contribution in [2.45, 2.75) is 5.25 Å². The summed E-state index contributed by atoms with van der Waals surface area (Å²) in [5.74, 6) is 1.29. The van der Waals surface area contributed by atoms with Crippen LogP contribution in [0.2, 0.25) is 5.02 Å². The maximum Gasteiger partial charge on any atom is 0.242 e. The Kier molecular flexibility index (Phi) is 3.59. The summed E-state index contributed by atoms with van der Waals surface area (Å²) >= 11 is 7.58. The molecule has 1 heterocycles. The van der Waals surface area contributed by atoms with Gasteiger partial charge in [-0.1, -0.05) is 23.7 Å². The first kappa shape index (κ1) is 13.3. The molecule has 5 heteroatoms. The van der Waals surface area contributed by atoms with Crippen LogP contribution in [0.5, 0.6) is 11.5 Å². The number of anilines is 1. The van der Waals surface area contributed by atoms with Gasteiger partial charge in [-0.05, 0) is 36.6 Å². The predicted octanol–water partition coefficient (Wildman–Crippen LogP) is 4.49. The third-order valence-corrected chi connectivity index (χ3v) is 4.35. The number of hydrogen-bond donors (Lipinski definition) is 1. The van der Waals surface area contributed by atoms with Crippen LogP contribution in [-0.2, 0) is 4.79 Å². The summed E-state index contributed by atoms with van der Waals surface area (Å²) in [5, 5.41) is 3.24. The van der Waals surface area contributed by atoms with Gasteiger partial charge in [0.2, 0.25) is 5.91 Å². The first-order valence-corrected chi connectivity index (χ1v) is 7.75.